The maximum absolute atomic E-state index is 3.39. The topological polar surface area (TPSA) is 15.3 Å². The molecule has 0 bridgehead atoms. The lowest BCUT2D eigenvalue weighted by Crippen LogP contribution is -2.54. The maximum atomic E-state index is 3.39. The van der Waals surface area contributed by atoms with Gasteiger partial charge in [-0.15, -0.1) is 0 Å². The Morgan fingerprint density at radius 1 is 0.909 bits per heavy atom. The summed E-state index contributed by atoms with van der Waals surface area (Å²) in [6.07, 6.45) is 0. The Hall–Kier alpha value is -0.0800. The van der Waals surface area contributed by atoms with Gasteiger partial charge in [0.25, 0.3) is 0 Å². The third-order valence-corrected chi connectivity index (χ3v) is 1.51. The average Bonchev–Trinajstić information content (AvgIpc) is 1.56. The van der Waals surface area contributed by atoms with Gasteiger partial charge in [0.15, 0.2) is 0 Å². The second-order valence-electron chi connectivity index (χ2n) is 5.09. The summed E-state index contributed by atoms with van der Waals surface area (Å²) in [6.45, 7) is 13.0. The minimum atomic E-state index is 0.155. The van der Waals surface area contributed by atoms with Gasteiger partial charge in [0.2, 0.25) is 0 Å². The van der Waals surface area contributed by atoms with Crippen LogP contribution < -0.4 is 5.43 Å². The summed E-state index contributed by atoms with van der Waals surface area (Å²) in [7, 11) is 2.07. The lowest BCUT2D eigenvalue weighted by atomic mass is 10.1. The molecule has 11 heavy (non-hydrogen) atoms. The van der Waals surface area contributed by atoms with E-state index in [9.17, 15) is 0 Å². The van der Waals surface area contributed by atoms with Crippen molar-refractivity contribution >= 4 is 0 Å². The Morgan fingerprint density at radius 3 is 1.36 bits per heavy atom. The number of nitrogens with one attached hydrogen (secondary N) is 1. The van der Waals surface area contributed by atoms with Gasteiger partial charge in [0.05, 0.1) is 0 Å². The van der Waals surface area contributed by atoms with Gasteiger partial charge in [0.1, 0.15) is 0 Å². The number of hydrogen-bond acceptors (Lipinski definition) is 2. The molecule has 0 amide bonds. The van der Waals surface area contributed by atoms with Crippen LogP contribution in [0.5, 0.6) is 0 Å². The zero-order valence-corrected chi connectivity index (χ0v) is 8.95. The molecule has 0 heterocycles. The lowest BCUT2D eigenvalue weighted by Gasteiger charge is -2.37. The number of hydrazine groups is 1. The first kappa shape index (κ1) is 10.9. The van der Waals surface area contributed by atoms with Crippen molar-refractivity contribution in [1.29, 1.82) is 0 Å². The molecule has 2 nitrogen and oxygen atoms in total. The molecule has 2 heteroatoms. The van der Waals surface area contributed by atoms with Crippen LogP contribution in [0.4, 0.5) is 0 Å². The van der Waals surface area contributed by atoms with Crippen molar-refractivity contribution < 1.29 is 0 Å². The van der Waals surface area contributed by atoms with Crippen molar-refractivity contribution in [2.24, 2.45) is 0 Å². The zero-order chi connectivity index (χ0) is 9.28. The number of nitrogens with zero attached hydrogens (tertiary/aromatic N) is 1. The summed E-state index contributed by atoms with van der Waals surface area (Å²) in [4.78, 5) is 0. The van der Waals surface area contributed by atoms with Crippen molar-refractivity contribution in [3.05, 3.63) is 0 Å². The van der Waals surface area contributed by atoms with Crippen LogP contribution in [0.25, 0.3) is 0 Å². The van der Waals surface area contributed by atoms with Gasteiger partial charge in [-0.1, -0.05) is 0 Å². The normalized spacial score (nSPS) is 14.2. The Balaban J connectivity index is 3.99. The van der Waals surface area contributed by atoms with Gasteiger partial charge in [-0.3, -0.25) is 0 Å². The number of hydrogen-bond donors (Lipinski definition) is 1. The lowest BCUT2D eigenvalue weighted by molar-refractivity contribution is 0.0650. The zero-order valence-electron chi connectivity index (χ0n) is 8.95. The van der Waals surface area contributed by atoms with E-state index in [2.05, 4.69) is 59.0 Å². The Morgan fingerprint density at radius 2 is 1.27 bits per heavy atom. The molecule has 0 aromatic heterocycles. The van der Waals surface area contributed by atoms with E-state index >= 15 is 0 Å². The fourth-order valence-electron chi connectivity index (χ4n) is 0.671. The Bertz CT molecular complexity index is 117. The predicted molar refractivity (Wildman–Crippen MR) is 50.4 cm³/mol. The van der Waals surface area contributed by atoms with Crippen molar-refractivity contribution in [3.63, 3.8) is 0 Å². The molecule has 0 aliphatic carbocycles. The van der Waals surface area contributed by atoms with E-state index in [-0.39, 0.29) is 11.1 Å². The van der Waals surface area contributed by atoms with Crippen LogP contribution in [0.3, 0.4) is 0 Å². The van der Waals surface area contributed by atoms with Crippen LogP contribution in [0.2, 0.25) is 0 Å². The smallest absolute Gasteiger partial charge is 0.0266 e. The summed E-state index contributed by atoms with van der Waals surface area (Å²) in [5, 5.41) is 2.15. The molecule has 0 radical (unpaired) electrons. The molecule has 0 spiro atoms. The third kappa shape index (κ3) is 5.22. The van der Waals surface area contributed by atoms with Crippen LogP contribution in [0.15, 0.2) is 0 Å². The molecule has 0 aliphatic rings. The van der Waals surface area contributed by atoms with Crippen molar-refractivity contribution in [2.75, 3.05) is 7.05 Å². The van der Waals surface area contributed by atoms with Gasteiger partial charge in [-0.25, -0.2) is 10.4 Å². The summed E-state index contributed by atoms with van der Waals surface area (Å²) >= 11 is 0. The minimum absolute atomic E-state index is 0.155. The molecule has 0 saturated heterocycles. The monoisotopic (exact) mass is 158 g/mol. The van der Waals surface area contributed by atoms with Gasteiger partial charge in [-0.05, 0) is 41.5 Å². The molecule has 0 aromatic carbocycles. The molecule has 0 aliphatic heterocycles. The van der Waals surface area contributed by atoms with Crippen LogP contribution in [-0.4, -0.2) is 23.1 Å². The second kappa shape index (κ2) is 3.11. The maximum Gasteiger partial charge on any atom is 0.0266 e. The summed E-state index contributed by atoms with van der Waals surface area (Å²) < 4.78 is 0. The molecule has 0 atom stereocenters. The molecule has 0 aromatic rings. The highest BCUT2D eigenvalue weighted by Crippen LogP contribution is 2.10. The van der Waals surface area contributed by atoms with E-state index in [0.717, 1.165) is 0 Å². The second-order valence-corrected chi connectivity index (χ2v) is 5.09. The van der Waals surface area contributed by atoms with Crippen molar-refractivity contribution in [3.8, 4) is 0 Å². The fourth-order valence-corrected chi connectivity index (χ4v) is 0.671. The SMILES string of the molecule is CN(NC(C)(C)C)C(C)(C)C. The van der Waals surface area contributed by atoms with E-state index in [1.807, 2.05) is 0 Å². The van der Waals surface area contributed by atoms with Gasteiger partial charge < -0.3 is 0 Å². The van der Waals surface area contributed by atoms with Crippen LogP contribution >= 0.6 is 0 Å². The molecular weight excluding hydrogens is 136 g/mol. The average molecular weight is 158 g/mol. The summed E-state index contributed by atoms with van der Waals surface area (Å²) in [6, 6.07) is 0. The van der Waals surface area contributed by atoms with E-state index in [1.165, 1.54) is 0 Å². The molecule has 68 valence electrons. The first-order chi connectivity index (χ1) is 4.63. The first-order valence-corrected chi connectivity index (χ1v) is 4.14. The van der Waals surface area contributed by atoms with E-state index < -0.39 is 0 Å². The summed E-state index contributed by atoms with van der Waals surface area (Å²) in [5.41, 5.74) is 3.73. The highest BCUT2D eigenvalue weighted by atomic mass is 15.5. The largest absolute Gasteiger partial charge is 0.250 e. The van der Waals surface area contributed by atoms with E-state index in [0.29, 0.717) is 0 Å². The third-order valence-electron chi connectivity index (χ3n) is 1.51. The highest BCUT2D eigenvalue weighted by molar-refractivity contribution is 4.75. The van der Waals surface area contributed by atoms with E-state index in [4.69, 9.17) is 0 Å². The van der Waals surface area contributed by atoms with Gasteiger partial charge >= 0.3 is 0 Å². The first-order valence-electron chi connectivity index (χ1n) is 4.14. The van der Waals surface area contributed by atoms with Crippen LogP contribution in [-0.2, 0) is 0 Å². The summed E-state index contributed by atoms with van der Waals surface area (Å²) in [5.74, 6) is 0. The quantitative estimate of drug-likeness (QED) is 0.587. The molecule has 0 rings (SSSR count). The van der Waals surface area contributed by atoms with Crippen molar-refractivity contribution in [1.82, 2.24) is 10.4 Å². The molecule has 0 unspecified atom stereocenters. The molecular formula is C9H22N2. The van der Waals surface area contributed by atoms with Gasteiger partial charge in [-0.2, -0.15) is 0 Å². The van der Waals surface area contributed by atoms with Crippen LogP contribution in [0.1, 0.15) is 41.5 Å². The van der Waals surface area contributed by atoms with Crippen LogP contribution in [0, 0.1) is 0 Å². The fraction of sp³-hybridized carbons (Fsp3) is 1.00. The highest BCUT2D eigenvalue weighted by Gasteiger charge is 2.21. The Labute approximate surface area is 70.9 Å². The standard InChI is InChI=1S/C9H22N2/c1-8(2,3)10-11(7)9(4,5)6/h10H,1-7H3. The predicted octanol–water partition coefficient (Wildman–Crippen LogP) is 2.02. The molecule has 0 fully saturated rings. The minimum Gasteiger partial charge on any atom is -0.250 e. The van der Waals surface area contributed by atoms with Crippen molar-refractivity contribution in [2.45, 2.75) is 52.6 Å². The van der Waals surface area contributed by atoms with Gasteiger partial charge in [0, 0.05) is 18.1 Å². The van der Waals surface area contributed by atoms with E-state index in [1.54, 1.807) is 0 Å². The number of rotatable bonds is 1. The molecule has 0 saturated carbocycles. The Kier molecular flexibility index (Phi) is 3.09. The molecule has 1 N–H and O–H groups in total.